The Morgan fingerprint density at radius 2 is 1.85 bits per heavy atom. The molecular formula is C33H38FN7O5. The van der Waals surface area contributed by atoms with Crippen molar-refractivity contribution in [3.05, 3.63) is 59.9 Å². The number of likely N-dealkylation sites (tertiary alicyclic amines) is 2. The maximum absolute atomic E-state index is 12.7. The number of amides is 2. The number of nitrogens with one attached hydrogen (secondary N) is 1. The number of carbonyl (C=O) groups is 2. The molecule has 13 heteroatoms. The van der Waals surface area contributed by atoms with Crippen LogP contribution in [0.15, 0.2) is 48.8 Å². The molecule has 2 aliphatic rings. The number of aromatic nitrogens is 3. The summed E-state index contributed by atoms with van der Waals surface area (Å²) in [5, 5.41) is 22.5. The van der Waals surface area contributed by atoms with Crippen molar-refractivity contribution in [3.63, 3.8) is 0 Å². The van der Waals surface area contributed by atoms with Gasteiger partial charge in [0.25, 0.3) is 5.91 Å². The number of aliphatic hydroxyl groups excluding tert-OH is 1. The Balaban J connectivity index is 1.21. The molecule has 5 rings (SSSR count). The lowest BCUT2D eigenvalue weighted by molar-refractivity contribution is -0.142. The topological polar surface area (TPSA) is 154 Å². The van der Waals surface area contributed by atoms with E-state index in [4.69, 9.17) is 9.47 Å². The maximum atomic E-state index is 12.7. The Labute approximate surface area is 267 Å². The molecule has 12 nitrogen and oxygen atoms in total. The van der Waals surface area contributed by atoms with Crippen LogP contribution < -0.4 is 10.1 Å². The van der Waals surface area contributed by atoms with Gasteiger partial charge in [-0.3, -0.25) is 4.79 Å². The standard InChI is InChI=1S/C33H38FN7O5/c1-33(2,3)46-32(44)41-14-4-5-26(41)21-6-9-24(10-7-21)38-31-37-20-36-29(39-31)22-8-11-28(23(17-22)19-35)45-25-12-15-40(16-13-25)30(43)27(42)18-34/h6-11,17,20,25-27,42H,4-5,12-16,18H2,1-3H3,(H,36,37,38,39)/t26?,27-/m1/s1. The van der Waals surface area contributed by atoms with Gasteiger partial charge in [-0.25, -0.2) is 19.2 Å². The highest BCUT2D eigenvalue weighted by atomic mass is 19.1. The monoisotopic (exact) mass is 631 g/mol. The summed E-state index contributed by atoms with van der Waals surface area (Å²) in [6.45, 7) is 5.78. The van der Waals surface area contributed by atoms with Gasteiger partial charge in [-0.15, -0.1) is 0 Å². The van der Waals surface area contributed by atoms with Crippen molar-refractivity contribution in [2.24, 2.45) is 0 Å². The smallest absolute Gasteiger partial charge is 0.410 e. The molecule has 0 radical (unpaired) electrons. The van der Waals surface area contributed by atoms with Crippen LogP contribution in [0.4, 0.5) is 20.8 Å². The molecule has 0 spiro atoms. The van der Waals surface area contributed by atoms with Crippen molar-refractivity contribution in [1.82, 2.24) is 24.8 Å². The number of aliphatic hydroxyl groups is 1. The molecule has 3 aromatic rings. The van der Waals surface area contributed by atoms with Crippen molar-refractivity contribution >= 4 is 23.6 Å². The quantitative estimate of drug-likeness (QED) is 0.350. The minimum atomic E-state index is -1.64. The first-order valence-electron chi connectivity index (χ1n) is 15.3. The lowest BCUT2D eigenvalue weighted by Crippen LogP contribution is -2.46. The van der Waals surface area contributed by atoms with E-state index in [-0.39, 0.29) is 18.2 Å². The van der Waals surface area contributed by atoms with Crippen molar-refractivity contribution < 1.29 is 28.6 Å². The summed E-state index contributed by atoms with van der Waals surface area (Å²) < 4.78 is 24.3. The molecule has 2 saturated heterocycles. The highest BCUT2D eigenvalue weighted by Crippen LogP contribution is 2.34. The van der Waals surface area contributed by atoms with Gasteiger partial charge in [0.2, 0.25) is 5.95 Å². The third kappa shape index (κ3) is 7.87. The zero-order valence-electron chi connectivity index (χ0n) is 26.1. The zero-order chi connectivity index (χ0) is 32.8. The minimum Gasteiger partial charge on any atom is -0.489 e. The van der Waals surface area contributed by atoms with Crippen LogP contribution in [0.25, 0.3) is 11.4 Å². The van der Waals surface area contributed by atoms with Crippen LogP contribution in [-0.4, -0.2) is 86.0 Å². The van der Waals surface area contributed by atoms with E-state index in [9.17, 15) is 24.3 Å². The van der Waals surface area contributed by atoms with Crippen molar-refractivity contribution in [2.75, 3.05) is 31.6 Å². The Bertz CT molecular complexity index is 1580. The summed E-state index contributed by atoms with van der Waals surface area (Å²) in [6, 6.07) is 15.0. The molecule has 46 heavy (non-hydrogen) atoms. The maximum Gasteiger partial charge on any atom is 0.410 e. The van der Waals surface area contributed by atoms with Crippen molar-refractivity contribution in [3.8, 4) is 23.2 Å². The average molecular weight is 632 g/mol. The molecule has 0 aliphatic carbocycles. The van der Waals surface area contributed by atoms with Crippen LogP contribution in [-0.2, 0) is 9.53 Å². The number of piperidine rings is 1. The van der Waals surface area contributed by atoms with E-state index in [0.717, 1.165) is 24.1 Å². The van der Waals surface area contributed by atoms with E-state index in [1.807, 2.05) is 45.0 Å². The van der Waals surface area contributed by atoms with E-state index in [2.05, 4.69) is 26.3 Å². The predicted molar refractivity (Wildman–Crippen MR) is 167 cm³/mol. The summed E-state index contributed by atoms with van der Waals surface area (Å²) in [5.74, 6) is 0.475. The summed E-state index contributed by atoms with van der Waals surface area (Å²) in [6.07, 6.45) is 1.97. The number of halogens is 1. The molecule has 242 valence electrons. The fourth-order valence-electron chi connectivity index (χ4n) is 5.58. The molecule has 2 N–H and O–H groups in total. The number of hydrogen-bond donors (Lipinski definition) is 2. The Kier molecular flexibility index (Phi) is 9.96. The number of hydrogen-bond acceptors (Lipinski definition) is 10. The van der Waals surface area contributed by atoms with Gasteiger partial charge in [0.05, 0.1) is 11.6 Å². The lowest BCUT2D eigenvalue weighted by atomic mass is 10.0. The van der Waals surface area contributed by atoms with Crippen LogP contribution in [0.1, 0.15) is 63.6 Å². The second-order valence-electron chi connectivity index (χ2n) is 12.3. The van der Waals surface area contributed by atoms with Crippen LogP contribution in [0.5, 0.6) is 5.75 Å². The third-order valence-corrected chi connectivity index (χ3v) is 7.84. The summed E-state index contributed by atoms with van der Waals surface area (Å²) >= 11 is 0. The van der Waals surface area contributed by atoms with Gasteiger partial charge in [-0.05, 0) is 69.5 Å². The largest absolute Gasteiger partial charge is 0.489 e. The molecular weight excluding hydrogens is 593 g/mol. The van der Waals surface area contributed by atoms with Gasteiger partial charge in [-0.1, -0.05) is 12.1 Å². The molecule has 0 saturated carbocycles. The Hall–Kier alpha value is -4.83. The second kappa shape index (κ2) is 14.1. The highest BCUT2D eigenvalue weighted by Gasteiger charge is 2.33. The van der Waals surface area contributed by atoms with Gasteiger partial charge in [0, 0.05) is 43.7 Å². The van der Waals surface area contributed by atoms with Crippen molar-refractivity contribution in [1.29, 1.82) is 5.26 Å². The van der Waals surface area contributed by atoms with Gasteiger partial charge in [0.15, 0.2) is 11.9 Å². The summed E-state index contributed by atoms with van der Waals surface area (Å²) in [4.78, 5) is 41.0. The SMILES string of the molecule is CC(C)(C)OC(=O)N1CCCC1c1ccc(Nc2ncnc(-c3ccc(OC4CCN(C(=O)[C@H](O)CF)CC4)c(C#N)c3)n2)cc1. The van der Waals surface area contributed by atoms with Gasteiger partial charge < -0.3 is 29.7 Å². The van der Waals surface area contributed by atoms with E-state index < -0.39 is 24.3 Å². The summed E-state index contributed by atoms with van der Waals surface area (Å²) in [5.41, 5.74) is 2.14. The normalized spacial score (nSPS) is 17.7. The molecule has 2 aliphatic heterocycles. The third-order valence-electron chi connectivity index (χ3n) is 7.84. The fraction of sp³-hybridized carbons (Fsp3) is 0.455. The fourth-order valence-corrected chi connectivity index (χ4v) is 5.58. The van der Waals surface area contributed by atoms with Crippen LogP contribution in [0, 0.1) is 11.3 Å². The van der Waals surface area contributed by atoms with Gasteiger partial charge in [-0.2, -0.15) is 10.2 Å². The van der Waals surface area contributed by atoms with Crippen LogP contribution >= 0.6 is 0 Å². The predicted octanol–water partition coefficient (Wildman–Crippen LogP) is 4.93. The number of nitrogens with zero attached hydrogens (tertiary/aromatic N) is 6. The molecule has 2 fully saturated rings. The molecule has 2 amide bonds. The minimum absolute atomic E-state index is 0.0487. The first kappa shape index (κ1) is 32.6. The number of benzene rings is 2. The molecule has 1 unspecified atom stereocenters. The van der Waals surface area contributed by atoms with E-state index in [1.54, 1.807) is 23.1 Å². The number of carbonyl (C=O) groups excluding carboxylic acids is 2. The number of rotatable bonds is 8. The molecule has 3 heterocycles. The average Bonchev–Trinajstić information content (AvgIpc) is 3.55. The second-order valence-corrected chi connectivity index (χ2v) is 12.3. The van der Waals surface area contributed by atoms with Crippen LogP contribution in [0.3, 0.4) is 0 Å². The van der Waals surface area contributed by atoms with E-state index >= 15 is 0 Å². The number of nitriles is 1. The molecule has 1 aromatic heterocycles. The lowest BCUT2D eigenvalue weighted by Gasteiger charge is -2.33. The number of anilines is 2. The number of alkyl halides is 1. The Morgan fingerprint density at radius 3 is 2.52 bits per heavy atom. The highest BCUT2D eigenvalue weighted by molar-refractivity contribution is 5.80. The Morgan fingerprint density at radius 1 is 1.11 bits per heavy atom. The summed E-state index contributed by atoms with van der Waals surface area (Å²) in [7, 11) is 0. The molecule has 2 atom stereocenters. The molecule has 2 aromatic carbocycles. The van der Waals surface area contributed by atoms with Crippen molar-refractivity contribution in [2.45, 2.75) is 70.3 Å². The zero-order valence-corrected chi connectivity index (χ0v) is 26.1. The number of ether oxygens (including phenoxy) is 2. The first-order chi connectivity index (χ1) is 22.0. The van der Waals surface area contributed by atoms with Gasteiger partial charge in [0.1, 0.15) is 36.5 Å². The molecule has 0 bridgehead atoms. The first-order valence-corrected chi connectivity index (χ1v) is 15.3. The van der Waals surface area contributed by atoms with E-state index in [0.29, 0.717) is 61.1 Å². The van der Waals surface area contributed by atoms with Crippen LogP contribution in [0.2, 0.25) is 0 Å². The van der Waals surface area contributed by atoms with E-state index in [1.165, 1.54) is 11.2 Å². The van der Waals surface area contributed by atoms with Gasteiger partial charge >= 0.3 is 6.09 Å².